The summed E-state index contributed by atoms with van der Waals surface area (Å²) in [5.74, 6) is 0.947. The quantitative estimate of drug-likeness (QED) is 0.316. The first kappa shape index (κ1) is 24.8. The van der Waals surface area contributed by atoms with Crippen molar-refractivity contribution in [2.24, 2.45) is 0 Å². The van der Waals surface area contributed by atoms with Crippen LogP contribution in [0.5, 0.6) is 5.75 Å². The van der Waals surface area contributed by atoms with Crippen molar-refractivity contribution >= 4 is 34.8 Å². The molecule has 202 valence electrons. The summed E-state index contributed by atoms with van der Waals surface area (Å²) in [5, 5.41) is 3.53. The molecule has 1 fully saturated rings. The van der Waals surface area contributed by atoms with Crippen LogP contribution in [0.4, 0.5) is 11.4 Å². The van der Waals surface area contributed by atoms with Crippen molar-refractivity contribution in [3.05, 3.63) is 88.0 Å². The Bertz CT molecular complexity index is 1740. The Labute approximate surface area is 237 Å². The molecule has 1 spiro atoms. The molecule has 4 aromatic rings. The zero-order valence-electron chi connectivity index (χ0n) is 22.7. The molecule has 2 aromatic heterocycles. The second-order valence-corrected chi connectivity index (χ2v) is 11.5. The van der Waals surface area contributed by atoms with Gasteiger partial charge in [0.1, 0.15) is 11.6 Å². The number of hydrogen-bond acceptors (Lipinski definition) is 5. The highest BCUT2D eigenvalue weighted by Crippen LogP contribution is 2.54. The van der Waals surface area contributed by atoms with Gasteiger partial charge in [-0.1, -0.05) is 29.8 Å². The molecule has 0 saturated heterocycles. The average molecular weight is 554 g/mol. The molecule has 9 heteroatoms. The summed E-state index contributed by atoms with van der Waals surface area (Å²) >= 11 is 6.39. The average Bonchev–Trinajstić information content (AvgIpc) is 3.58. The summed E-state index contributed by atoms with van der Waals surface area (Å²) in [6.07, 6.45) is 4.02. The summed E-state index contributed by atoms with van der Waals surface area (Å²) < 4.78 is 7.80. The van der Waals surface area contributed by atoms with Crippen molar-refractivity contribution < 1.29 is 14.3 Å². The summed E-state index contributed by atoms with van der Waals surface area (Å²) in [6, 6.07) is 14.6. The molecule has 40 heavy (non-hydrogen) atoms. The van der Waals surface area contributed by atoms with E-state index in [1.165, 1.54) is 0 Å². The molecule has 1 saturated carbocycles. The van der Waals surface area contributed by atoms with Gasteiger partial charge < -0.3 is 14.6 Å². The number of aromatic nitrogens is 3. The smallest absolute Gasteiger partial charge is 0.280 e. The minimum Gasteiger partial charge on any atom is -0.496 e. The fourth-order valence-electron chi connectivity index (χ4n) is 6.17. The molecule has 0 bridgehead atoms. The number of nitrogens with one attached hydrogen (secondary N) is 1. The third kappa shape index (κ3) is 3.32. The highest BCUT2D eigenvalue weighted by Gasteiger charge is 2.64. The van der Waals surface area contributed by atoms with Crippen LogP contribution in [0.1, 0.15) is 71.7 Å². The first-order chi connectivity index (χ1) is 19.2. The van der Waals surface area contributed by atoms with Crippen molar-refractivity contribution in [3.8, 4) is 17.1 Å². The van der Waals surface area contributed by atoms with Crippen molar-refractivity contribution in [1.29, 1.82) is 0 Å². The third-order valence-electron chi connectivity index (χ3n) is 8.06. The number of rotatable bonds is 5. The van der Waals surface area contributed by atoms with Crippen LogP contribution in [0.3, 0.4) is 0 Å². The Hall–Kier alpha value is -4.17. The number of imidazole rings is 1. The maximum absolute atomic E-state index is 14.4. The lowest BCUT2D eigenvalue weighted by molar-refractivity contribution is -0.119. The molecule has 3 aliphatic rings. The summed E-state index contributed by atoms with van der Waals surface area (Å²) in [4.78, 5) is 39.9. The highest BCUT2D eigenvalue weighted by atomic mass is 35.5. The lowest BCUT2D eigenvalue weighted by Crippen LogP contribution is -2.51. The van der Waals surface area contributed by atoms with Crippen LogP contribution in [-0.4, -0.2) is 33.5 Å². The Balaban J connectivity index is 1.54. The number of pyridine rings is 1. The maximum atomic E-state index is 14.4. The van der Waals surface area contributed by atoms with E-state index in [1.54, 1.807) is 42.5 Å². The lowest BCUT2D eigenvalue weighted by Gasteiger charge is -2.35. The van der Waals surface area contributed by atoms with E-state index in [1.807, 2.05) is 49.6 Å². The number of hydrogen-bond donors (Lipinski definition) is 1. The zero-order chi connectivity index (χ0) is 27.9. The van der Waals surface area contributed by atoms with Gasteiger partial charge in [0.05, 0.1) is 18.4 Å². The van der Waals surface area contributed by atoms with E-state index in [4.69, 9.17) is 26.3 Å². The number of aryl methyl sites for hydroxylation is 1. The van der Waals surface area contributed by atoms with Gasteiger partial charge in [-0.15, -0.1) is 0 Å². The van der Waals surface area contributed by atoms with Crippen LogP contribution >= 0.6 is 11.6 Å². The number of benzene rings is 2. The molecule has 1 N–H and O–H groups in total. The van der Waals surface area contributed by atoms with E-state index in [9.17, 15) is 9.59 Å². The molecule has 0 radical (unpaired) electrons. The number of halogens is 1. The predicted octanol–water partition coefficient (Wildman–Crippen LogP) is 6.23. The van der Waals surface area contributed by atoms with Gasteiger partial charge in [-0.2, -0.15) is 0 Å². The van der Waals surface area contributed by atoms with Gasteiger partial charge in [-0.05, 0) is 63.4 Å². The third-order valence-corrected chi connectivity index (χ3v) is 8.30. The van der Waals surface area contributed by atoms with Crippen LogP contribution in [0.2, 0.25) is 5.02 Å². The first-order valence-electron chi connectivity index (χ1n) is 13.5. The normalized spacial score (nSPS) is 19.4. The Morgan fingerprint density at radius 1 is 1.12 bits per heavy atom. The van der Waals surface area contributed by atoms with Crippen LogP contribution in [0.25, 0.3) is 11.4 Å². The van der Waals surface area contributed by atoms with Crippen molar-refractivity contribution in [3.63, 3.8) is 0 Å². The molecule has 1 aliphatic carbocycles. The number of fused-ring (bicyclic) bond motifs is 4. The van der Waals surface area contributed by atoms with E-state index in [-0.39, 0.29) is 23.6 Å². The Morgan fingerprint density at radius 3 is 2.62 bits per heavy atom. The van der Waals surface area contributed by atoms with Gasteiger partial charge in [0, 0.05) is 51.9 Å². The monoisotopic (exact) mass is 553 g/mol. The summed E-state index contributed by atoms with van der Waals surface area (Å²) in [6.45, 7) is 6.01. The van der Waals surface area contributed by atoms with Gasteiger partial charge in [0.15, 0.2) is 11.2 Å². The Kier molecular flexibility index (Phi) is 5.38. The second kappa shape index (κ2) is 8.66. The maximum Gasteiger partial charge on any atom is 0.280 e. The largest absolute Gasteiger partial charge is 0.496 e. The van der Waals surface area contributed by atoms with E-state index in [0.29, 0.717) is 50.7 Å². The second-order valence-electron chi connectivity index (χ2n) is 11.0. The SMILES string of the molecule is COc1cc(C2CC2)ncc1-c1nc2c(n1C(C)C)C1(C(=O)Nc3cc(C)ccc31)N(c1cccc(Cl)c1)C2=O. The van der Waals surface area contributed by atoms with E-state index in [0.717, 1.165) is 24.1 Å². The number of ether oxygens (including phenoxy) is 1. The van der Waals surface area contributed by atoms with Crippen molar-refractivity contribution in [1.82, 2.24) is 14.5 Å². The molecule has 2 amide bonds. The predicted molar refractivity (Wildman–Crippen MR) is 153 cm³/mol. The number of amides is 2. The number of carbonyl (C=O) groups excluding carboxylic acids is 2. The van der Waals surface area contributed by atoms with E-state index < -0.39 is 5.54 Å². The molecular formula is C31H28ClN5O3. The summed E-state index contributed by atoms with van der Waals surface area (Å²) in [7, 11) is 1.63. The zero-order valence-corrected chi connectivity index (χ0v) is 23.4. The molecule has 1 unspecified atom stereocenters. The molecule has 4 heterocycles. The van der Waals surface area contributed by atoms with Crippen LogP contribution in [-0.2, 0) is 10.3 Å². The molecule has 7 rings (SSSR count). The van der Waals surface area contributed by atoms with Gasteiger partial charge in [-0.25, -0.2) is 4.98 Å². The fourth-order valence-corrected chi connectivity index (χ4v) is 6.36. The van der Waals surface area contributed by atoms with Crippen LogP contribution in [0.15, 0.2) is 54.7 Å². The first-order valence-corrected chi connectivity index (χ1v) is 13.8. The van der Waals surface area contributed by atoms with Crippen LogP contribution in [0, 0.1) is 6.92 Å². The van der Waals surface area contributed by atoms with Gasteiger partial charge in [0.2, 0.25) is 0 Å². The minimum atomic E-state index is -1.48. The number of methoxy groups -OCH3 is 1. The van der Waals surface area contributed by atoms with Crippen LogP contribution < -0.4 is 15.0 Å². The van der Waals surface area contributed by atoms with Gasteiger partial charge in [-0.3, -0.25) is 19.5 Å². The highest BCUT2D eigenvalue weighted by molar-refractivity contribution is 6.31. The van der Waals surface area contributed by atoms with Crippen molar-refractivity contribution in [2.45, 2.75) is 51.1 Å². The standard InChI is InChI=1S/C31H28ClN5O3/c1-16(2)36-27-26(35-28(36)21-15-33-23(18-9-10-18)14-25(21)40-4)29(38)37(20-7-5-6-19(32)13-20)31(27)22-11-8-17(3)12-24(22)34-30(31)39/h5-8,11-16,18H,9-10H2,1-4H3,(H,34,39). The molecule has 2 aromatic carbocycles. The molecule has 8 nitrogen and oxygen atoms in total. The lowest BCUT2D eigenvalue weighted by atomic mass is 9.86. The molecule has 1 atom stereocenters. The van der Waals surface area contributed by atoms with E-state index >= 15 is 0 Å². The topological polar surface area (TPSA) is 89.3 Å². The number of nitrogens with zero attached hydrogens (tertiary/aromatic N) is 4. The number of anilines is 2. The summed E-state index contributed by atoms with van der Waals surface area (Å²) in [5.41, 5.74) is 3.82. The molecule has 2 aliphatic heterocycles. The van der Waals surface area contributed by atoms with E-state index in [2.05, 4.69) is 5.32 Å². The number of carbonyl (C=O) groups is 2. The Morgan fingerprint density at radius 2 is 1.93 bits per heavy atom. The minimum absolute atomic E-state index is 0.148. The van der Waals surface area contributed by atoms with Crippen molar-refractivity contribution in [2.75, 3.05) is 17.3 Å². The molecular weight excluding hydrogens is 526 g/mol. The fraction of sp³-hybridized carbons (Fsp3) is 0.290. The van der Waals surface area contributed by atoms with Gasteiger partial charge >= 0.3 is 0 Å². The van der Waals surface area contributed by atoms with Gasteiger partial charge in [0.25, 0.3) is 11.8 Å².